The lowest BCUT2D eigenvalue weighted by atomic mass is 10.2. The summed E-state index contributed by atoms with van der Waals surface area (Å²) < 4.78 is 5.24. The summed E-state index contributed by atoms with van der Waals surface area (Å²) in [6.07, 6.45) is 3.09. The van der Waals surface area contributed by atoms with Gasteiger partial charge in [-0.1, -0.05) is 0 Å². The van der Waals surface area contributed by atoms with E-state index in [2.05, 4.69) is 15.3 Å². The highest BCUT2D eigenvalue weighted by Gasteiger charge is 2.03. The van der Waals surface area contributed by atoms with Gasteiger partial charge in [0.2, 0.25) is 5.88 Å². The second kappa shape index (κ2) is 5.81. The first-order chi connectivity index (χ1) is 9.19. The van der Waals surface area contributed by atoms with Gasteiger partial charge >= 0.3 is 5.97 Å². The highest BCUT2D eigenvalue weighted by molar-refractivity contribution is 5.88. The van der Waals surface area contributed by atoms with E-state index in [1.54, 1.807) is 18.3 Å². The van der Waals surface area contributed by atoms with Crippen molar-refractivity contribution in [1.29, 1.82) is 0 Å². The van der Waals surface area contributed by atoms with E-state index in [4.69, 9.17) is 9.84 Å². The zero-order valence-electron chi connectivity index (χ0n) is 10.3. The summed E-state index contributed by atoms with van der Waals surface area (Å²) in [5, 5.41) is 11.8. The molecule has 0 saturated carbocycles. The Labute approximate surface area is 110 Å². The molecule has 6 nitrogen and oxygen atoms in total. The van der Waals surface area contributed by atoms with Crippen molar-refractivity contribution < 1.29 is 14.6 Å². The monoisotopic (exact) mass is 259 g/mol. The molecule has 2 rings (SSSR count). The SMILES string of the molecule is CCOc1cncc(Nc2ccc(C(=O)O)cc2)n1. The predicted octanol–water partition coefficient (Wildman–Crippen LogP) is 2.32. The third-order valence-corrected chi connectivity index (χ3v) is 2.31. The molecule has 0 aliphatic rings. The van der Waals surface area contributed by atoms with E-state index in [1.807, 2.05) is 6.92 Å². The molecule has 0 radical (unpaired) electrons. The van der Waals surface area contributed by atoms with E-state index < -0.39 is 5.97 Å². The number of hydrogen-bond acceptors (Lipinski definition) is 5. The van der Waals surface area contributed by atoms with Gasteiger partial charge in [0.25, 0.3) is 0 Å². The minimum Gasteiger partial charge on any atom is -0.478 e. The fraction of sp³-hybridized carbons (Fsp3) is 0.154. The molecule has 1 aromatic carbocycles. The summed E-state index contributed by atoms with van der Waals surface area (Å²) in [5.41, 5.74) is 0.965. The second-order valence-corrected chi connectivity index (χ2v) is 3.68. The van der Waals surface area contributed by atoms with Crippen LogP contribution >= 0.6 is 0 Å². The molecule has 19 heavy (non-hydrogen) atoms. The molecule has 2 N–H and O–H groups in total. The first-order valence-corrected chi connectivity index (χ1v) is 5.74. The second-order valence-electron chi connectivity index (χ2n) is 3.68. The van der Waals surface area contributed by atoms with Crippen LogP contribution in [0.3, 0.4) is 0 Å². The zero-order valence-corrected chi connectivity index (χ0v) is 10.3. The average Bonchev–Trinajstić information content (AvgIpc) is 2.40. The number of benzene rings is 1. The topological polar surface area (TPSA) is 84.3 Å². The van der Waals surface area contributed by atoms with Crippen molar-refractivity contribution in [1.82, 2.24) is 9.97 Å². The summed E-state index contributed by atoms with van der Waals surface area (Å²) in [7, 11) is 0. The Morgan fingerprint density at radius 3 is 2.68 bits per heavy atom. The van der Waals surface area contributed by atoms with Crippen molar-refractivity contribution in [3.63, 3.8) is 0 Å². The van der Waals surface area contributed by atoms with Crippen LogP contribution in [0.1, 0.15) is 17.3 Å². The van der Waals surface area contributed by atoms with Crippen molar-refractivity contribution in [2.24, 2.45) is 0 Å². The molecular formula is C13H13N3O3. The zero-order chi connectivity index (χ0) is 13.7. The van der Waals surface area contributed by atoms with Crippen LogP contribution in [0.25, 0.3) is 0 Å². The highest BCUT2D eigenvalue weighted by atomic mass is 16.5. The first kappa shape index (κ1) is 12.8. The number of ether oxygens (including phenoxy) is 1. The number of anilines is 2. The molecule has 0 bridgehead atoms. The maximum Gasteiger partial charge on any atom is 0.335 e. The third-order valence-electron chi connectivity index (χ3n) is 2.31. The Morgan fingerprint density at radius 1 is 1.32 bits per heavy atom. The molecule has 2 aromatic rings. The normalized spacial score (nSPS) is 9.95. The number of carbonyl (C=O) groups is 1. The van der Waals surface area contributed by atoms with Gasteiger partial charge in [-0.05, 0) is 31.2 Å². The first-order valence-electron chi connectivity index (χ1n) is 5.74. The van der Waals surface area contributed by atoms with E-state index in [0.29, 0.717) is 18.3 Å². The van der Waals surface area contributed by atoms with Gasteiger partial charge in [-0.25, -0.2) is 4.79 Å². The molecule has 0 atom stereocenters. The number of aromatic nitrogens is 2. The largest absolute Gasteiger partial charge is 0.478 e. The number of rotatable bonds is 5. The number of nitrogens with one attached hydrogen (secondary N) is 1. The summed E-state index contributed by atoms with van der Waals surface area (Å²) in [5.74, 6) is 0.0216. The standard InChI is InChI=1S/C13H13N3O3/c1-2-19-12-8-14-7-11(16-12)15-10-5-3-9(4-6-10)13(17)18/h3-8H,2H2,1H3,(H,15,16)(H,17,18). The molecule has 0 fully saturated rings. The van der Waals surface area contributed by atoms with Crippen molar-refractivity contribution in [2.45, 2.75) is 6.92 Å². The van der Waals surface area contributed by atoms with E-state index >= 15 is 0 Å². The summed E-state index contributed by atoms with van der Waals surface area (Å²) in [4.78, 5) is 18.9. The van der Waals surface area contributed by atoms with Crippen molar-refractivity contribution in [3.8, 4) is 5.88 Å². The van der Waals surface area contributed by atoms with Crippen LogP contribution in [0.5, 0.6) is 5.88 Å². The lowest BCUT2D eigenvalue weighted by molar-refractivity contribution is 0.0697. The molecule has 1 aromatic heterocycles. The fourth-order valence-electron chi connectivity index (χ4n) is 1.47. The smallest absolute Gasteiger partial charge is 0.335 e. The average molecular weight is 259 g/mol. The van der Waals surface area contributed by atoms with Gasteiger partial charge in [0.15, 0.2) is 5.82 Å². The molecule has 6 heteroatoms. The van der Waals surface area contributed by atoms with Crippen molar-refractivity contribution in [2.75, 3.05) is 11.9 Å². The van der Waals surface area contributed by atoms with Gasteiger partial charge in [-0.3, -0.25) is 4.98 Å². The summed E-state index contributed by atoms with van der Waals surface area (Å²) in [6.45, 7) is 2.39. The number of carboxylic acids is 1. The van der Waals surface area contributed by atoms with Crippen LogP contribution in [0.2, 0.25) is 0 Å². The van der Waals surface area contributed by atoms with E-state index in [9.17, 15) is 4.79 Å². The fourth-order valence-corrected chi connectivity index (χ4v) is 1.47. The lowest BCUT2D eigenvalue weighted by Crippen LogP contribution is -2.00. The van der Waals surface area contributed by atoms with Gasteiger partial charge in [0.05, 0.1) is 24.6 Å². The van der Waals surface area contributed by atoms with Crippen LogP contribution in [0, 0.1) is 0 Å². The Bertz CT molecular complexity index is 570. The minimum atomic E-state index is -0.954. The highest BCUT2D eigenvalue weighted by Crippen LogP contribution is 2.16. The Morgan fingerprint density at radius 2 is 2.05 bits per heavy atom. The number of hydrogen-bond donors (Lipinski definition) is 2. The van der Waals surface area contributed by atoms with Gasteiger partial charge in [-0.15, -0.1) is 0 Å². The van der Waals surface area contributed by atoms with Gasteiger partial charge in [0.1, 0.15) is 0 Å². The minimum absolute atomic E-state index is 0.236. The molecule has 0 aliphatic heterocycles. The summed E-state index contributed by atoms with van der Waals surface area (Å²) in [6, 6.07) is 6.37. The number of aromatic carboxylic acids is 1. The van der Waals surface area contributed by atoms with Crippen LogP contribution in [-0.2, 0) is 0 Å². The molecule has 98 valence electrons. The molecule has 0 saturated heterocycles. The molecule has 0 spiro atoms. The third kappa shape index (κ3) is 3.41. The molecule has 1 heterocycles. The molecular weight excluding hydrogens is 246 g/mol. The van der Waals surface area contributed by atoms with E-state index in [-0.39, 0.29) is 5.56 Å². The van der Waals surface area contributed by atoms with Gasteiger partial charge in [-0.2, -0.15) is 4.98 Å². The van der Waals surface area contributed by atoms with Crippen LogP contribution in [0.4, 0.5) is 11.5 Å². The maximum absolute atomic E-state index is 10.7. The van der Waals surface area contributed by atoms with Crippen LogP contribution < -0.4 is 10.1 Å². The van der Waals surface area contributed by atoms with Crippen molar-refractivity contribution >= 4 is 17.5 Å². The van der Waals surface area contributed by atoms with Crippen LogP contribution in [0.15, 0.2) is 36.7 Å². The summed E-state index contributed by atoms with van der Waals surface area (Å²) >= 11 is 0. The van der Waals surface area contributed by atoms with E-state index in [1.165, 1.54) is 18.3 Å². The Hall–Kier alpha value is -2.63. The number of nitrogens with zero attached hydrogens (tertiary/aromatic N) is 2. The predicted molar refractivity (Wildman–Crippen MR) is 69.9 cm³/mol. The van der Waals surface area contributed by atoms with Gasteiger partial charge in [0, 0.05) is 5.69 Å². The van der Waals surface area contributed by atoms with E-state index in [0.717, 1.165) is 5.69 Å². The molecule has 0 amide bonds. The van der Waals surface area contributed by atoms with Gasteiger partial charge < -0.3 is 15.2 Å². The number of carboxylic acid groups (broad SMARTS) is 1. The quantitative estimate of drug-likeness (QED) is 0.857. The van der Waals surface area contributed by atoms with Crippen molar-refractivity contribution in [3.05, 3.63) is 42.2 Å². The Kier molecular flexibility index (Phi) is 3.92. The Balaban J connectivity index is 2.12. The molecule has 0 aliphatic carbocycles. The van der Waals surface area contributed by atoms with Crippen LogP contribution in [-0.4, -0.2) is 27.7 Å². The molecule has 0 unspecified atom stereocenters. The lowest BCUT2D eigenvalue weighted by Gasteiger charge is -2.07. The maximum atomic E-state index is 10.7.